The molecule has 140 valence electrons. The van der Waals surface area contributed by atoms with E-state index in [1.54, 1.807) is 34.5 Å². The van der Waals surface area contributed by atoms with Crippen molar-refractivity contribution in [2.75, 3.05) is 42.0 Å². The van der Waals surface area contributed by atoms with Crippen molar-refractivity contribution in [2.45, 2.75) is 0 Å². The van der Waals surface area contributed by atoms with Gasteiger partial charge in [-0.1, -0.05) is 24.8 Å². The van der Waals surface area contributed by atoms with Crippen LogP contribution in [0.1, 0.15) is 11.1 Å². The maximum absolute atomic E-state index is 5.76. The van der Waals surface area contributed by atoms with Gasteiger partial charge in [0, 0.05) is 25.3 Å². The number of ether oxygens (including phenoxy) is 6. The van der Waals surface area contributed by atoms with Gasteiger partial charge in [-0.2, -0.15) is 0 Å². The summed E-state index contributed by atoms with van der Waals surface area (Å²) in [5.41, 5.74) is 2.27. The molecule has 0 aromatic heterocycles. The fraction of sp³-hybridized carbons (Fsp3) is 0.300. The van der Waals surface area contributed by atoms with Crippen molar-refractivity contribution in [3.8, 4) is 23.0 Å². The summed E-state index contributed by atoms with van der Waals surface area (Å²) in [4.78, 5) is 0. The molecule has 0 aliphatic heterocycles. The van der Waals surface area contributed by atoms with E-state index in [4.69, 9.17) is 28.4 Å². The third kappa shape index (κ3) is 4.28. The topological polar surface area (TPSA) is 55.4 Å². The zero-order chi connectivity index (χ0) is 18.9. The minimum Gasteiger partial charge on any atom is -0.493 e. The van der Waals surface area contributed by atoms with E-state index < -0.39 is 0 Å². The molecule has 0 atom stereocenters. The Morgan fingerprint density at radius 1 is 0.731 bits per heavy atom. The molecule has 0 saturated heterocycles. The summed E-state index contributed by atoms with van der Waals surface area (Å²) in [6.07, 6.45) is 0. The number of hydrogen-bond donors (Lipinski definition) is 0. The summed E-state index contributed by atoms with van der Waals surface area (Å²) in [6, 6.07) is 11.2. The molecule has 2 aromatic rings. The van der Waals surface area contributed by atoms with E-state index in [1.807, 2.05) is 30.3 Å². The molecule has 0 N–H and O–H groups in total. The van der Waals surface area contributed by atoms with Crippen LogP contribution in [-0.4, -0.2) is 42.0 Å². The van der Waals surface area contributed by atoms with Crippen molar-refractivity contribution in [1.82, 2.24) is 0 Å². The Bertz CT molecular complexity index is 741. The lowest BCUT2D eigenvalue weighted by molar-refractivity contribution is 0.0486. The molecule has 6 nitrogen and oxygen atoms in total. The third-order valence-corrected chi connectivity index (χ3v) is 3.69. The predicted octanol–water partition coefficient (Wildman–Crippen LogP) is 3.73. The van der Waals surface area contributed by atoms with Crippen molar-refractivity contribution >= 4 is 5.57 Å². The fourth-order valence-electron chi connectivity index (χ4n) is 2.51. The van der Waals surface area contributed by atoms with Gasteiger partial charge in [0.15, 0.2) is 25.1 Å². The first kappa shape index (κ1) is 19.6. The van der Waals surface area contributed by atoms with Gasteiger partial charge in [0.1, 0.15) is 5.75 Å². The second-order valence-electron chi connectivity index (χ2n) is 5.25. The fourth-order valence-corrected chi connectivity index (χ4v) is 2.51. The van der Waals surface area contributed by atoms with E-state index in [9.17, 15) is 0 Å². The summed E-state index contributed by atoms with van der Waals surface area (Å²) in [5.74, 6) is 2.17. The third-order valence-electron chi connectivity index (χ3n) is 3.69. The highest BCUT2D eigenvalue weighted by molar-refractivity contribution is 5.86. The summed E-state index contributed by atoms with van der Waals surface area (Å²) in [7, 11) is 6.25. The molecule has 0 spiro atoms. The van der Waals surface area contributed by atoms with Gasteiger partial charge in [-0.05, 0) is 23.8 Å². The highest BCUT2D eigenvalue weighted by Crippen LogP contribution is 2.44. The van der Waals surface area contributed by atoms with Crippen LogP contribution < -0.4 is 18.9 Å². The van der Waals surface area contributed by atoms with Gasteiger partial charge < -0.3 is 28.4 Å². The zero-order valence-electron chi connectivity index (χ0n) is 15.5. The van der Waals surface area contributed by atoms with Gasteiger partial charge in [-0.15, -0.1) is 0 Å². The average Bonchev–Trinajstić information content (AvgIpc) is 2.69. The molecule has 0 amide bonds. The number of para-hydroxylation sites is 1. The lowest BCUT2D eigenvalue weighted by Gasteiger charge is -2.19. The number of benzene rings is 2. The van der Waals surface area contributed by atoms with E-state index in [0.29, 0.717) is 28.6 Å². The van der Waals surface area contributed by atoms with Gasteiger partial charge >= 0.3 is 0 Å². The van der Waals surface area contributed by atoms with E-state index in [-0.39, 0.29) is 13.6 Å². The molecule has 0 heterocycles. The number of hydrogen-bond acceptors (Lipinski definition) is 6. The van der Waals surface area contributed by atoms with Crippen molar-refractivity contribution in [3.05, 3.63) is 54.1 Å². The Balaban J connectivity index is 2.52. The Morgan fingerprint density at radius 3 is 2.08 bits per heavy atom. The van der Waals surface area contributed by atoms with E-state index in [0.717, 1.165) is 11.1 Å². The monoisotopic (exact) mass is 360 g/mol. The van der Waals surface area contributed by atoms with Gasteiger partial charge in [0.2, 0.25) is 5.75 Å². The molecule has 0 unspecified atom stereocenters. The van der Waals surface area contributed by atoms with Crippen LogP contribution >= 0.6 is 0 Å². The standard InChI is InChI=1S/C20H24O6/c1-14(15-8-6-7-9-17(15)25-12-21-2)16-10-11-18(23-4)20(24-5)19(16)26-13-22-3/h6-11H,1,12-13H2,2-5H3. The molecule has 2 rings (SSSR count). The summed E-state index contributed by atoms with van der Waals surface area (Å²) in [6.45, 7) is 4.43. The first-order valence-corrected chi connectivity index (χ1v) is 7.95. The minimum absolute atomic E-state index is 0.0611. The lowest BCUT2D eigenvalue weighted by atomic mass is 9.97. The maximum atomic E-state index is 5.76. The largest absolute Gasteiger partial charge is 0.493 e. The van der Waals surface area contributed by atoms with Crippen LogP contribution in [0.3, 0.4) is 0 Å². The van der Waals surface area contributed by atoms with Crippen LogP contribution in [-0.2, 0) is 9.47 Å². The van der Waals surface area contributed by atoms with Gasteiger partial charge in [-0.25, -0.2) is 0 Å². The Hall–Kier alpha value is -2.70. The van der Waals surface area contributed by atoms with Crippen LogP contribution in [0.2, 0.25) is 0 Å². The van der Waals surface area contributed by atoms with Crippen LogP contribution in [0.25, 0.3) is 5.57 Å². The molecule has 6 heteroatoms. The zero-order valence-corrected chi connectivity index (χ0v) is 15.5. The molecule has 0 aliphatic rings. The molecule has 2 aromatic carbocycles. The molecular formula is C20H24O6. The highest BCUT2D eigenvalue weighted by Gasteiger charge is 2.20. The molecule has 0 aliphatic carbocycles. The molecule has 26 heavy (non-hydrogen) atoms. The van der Waals surface area contributed by atoms with E-state index in [1.165, 1.54) is 0 Å². The molecular weight excluding hydrogens is 336 g/mol. The van der Waals surface area contributed by atoms with E-state index >= 15 is 0 Å². The van der Waals surface area contributed by atoms with Crippen LogP contribution in [0.5, 0.6) is 23.0 Å². The van der Waals surface area contributed by atoms with Crippen LogP contribution in [0, 0.1) is 0 Å². The summed E-state index contributed by atoms with van der Waals surface area (Å²) < 4.78 is 32.3. The Morgan fingerprint density at radius 2 is 1.42 bits per heavy atom. The first-order valence-electron chi connectivity index (χ1n) is 7.95. The second-order valence-corrected chi connectivity index (χ2v) is 5.25. The van der Waals surface area contributed by atoms with Crippen molar-refractivity contribution in [3.63, 3.8) is 0 Å². The Labute approximate surface area is 153 Å². The van der Waals surface area contributed by atoms with Gasteiger partial charge in [0.05, 0.1) is 14.2 Å². The SMILES string of the molecule is C=C(c1ccccc1OCOC)c1ccc(OC)c(OC)c1OCOC. The first-order chi connectivity index (χ1) is 12.7. The van der Waals surface area contributed by atoms with E-state index in [2.05, 4.69) is 6.58 Å². The van der Waals surface area contributed by atoms with Crippen molar-refractivity contribution < 1.29 is 28.4 Å². The molecule has 0 saturated carbocycles. The van der Waals surface area contributed by atoms with Gasteiger partial charge in [0.25, 0.3) is 0 Å². The Kier molecular flexibility index (Phi) is 7.32. The predicted molar refractivity (Wildman–Crippen MR) is 99.1 cm³/mol. The van der Waals surface area contributed by atoms with Gasteiger partial charge in [-0.3, -0.25) is 0 Å². The molecule has 0 fully saturated rings. The lowest BCUT2D eigenvalue weighted by Crippen LogP contribution is -2.06. The quantitative estimate of drug-likeness (QED) is 0.602. The maximum Gasteiger partial charge on any atom is 0.204 e. The number of methoxy groups -OCH3 is 4. The minimum atomic E-state index is 0.0611. The molecule has 0 radical (unpaired) electrons. The molecule has 0 bridgehead atoms. The highest BCUT2D eigenvalue weighted by atomic mass is 16.7. The number of rotatable bonds is 10. The van der Waals surface area contributed by atoms with Crippen molar-refractivity contribution in [2.24, 2.45) is 0 Å². The van der Waals surface area contributed by atoms with Crippen LogP contribution in [0.15, 0.2) is 43.0 Å². The second kappa shape index (κ2) is 9.70. The average molecular weight is 360 g/mol. The normalized spacial score (nSPS) is 10.3. The smallest absolute Gasteiger partial charge is 0.204 e. The van der Waals surface area contributed by atoms with Crippen LogP contribution in [0.4, 0.5) is 0 Å². The summed E-state index contributed by atoms with van der Waals surface area (Å²) in [5, 5.41) is 0. The summed E-state index contributed by atoms with van der Waals surface area (Å²) >= 11 is 0. The van der Waals surface area contributed by atoms with Crippen molar-refractivity contribution in [1.29, 1.82) is 0 Å².